The molecule has 0 aliphatic heterocycles. The Morgan fingerprint density at radius 3 is 2.67 bits per heavy atom. The number of halogens is 5. The molecule has 15 heavy (non-hydrogen) atoms. The number of hydrogen-bond donors (Lipinski definition) is 1. The van der Waals surface area contributed by atoms with Gasteiger partial charge in [0.2, 0.25) is 0 Å². The summed E-state index contributed by atoms with van der Waals surface area (Å²) in [4.78, 5) is 3.53. The van der Waals surface area contributed by atoms with Crippen LogP contribution in [-0.2, 0) is 0 Å². The average molecular weight is 305 g/mol. The van der Waals surface area contributed by atoms with Gasteiger partial charge >= 0.3 is 6.11 Å². The molecule has 0 spiro atoms. The predicted octanol–water partition coefficient (Wildman–Crippen LogP) is 2.93. The van der Waals surface area contributed by atoms with Crippen LogP contribution in [0, 0.1) is 0 Å². The Kier molecular flexibility index (Phi) is 3.67. The molecule has 0 amide bonds. The maximum Gasteiger partial charge on any atom is 0.444 e. The second-order valence-electron chi connectivity index (χ2n) is 2.50. The molecule has 0 bridgehead atoms. The summed E-state index contributed by atoms with van der Waals surface area (Å²) in [7, 11) is 0. The van der Waals surface area contributed by atoms with Gasteiger partial charge in [0.1, 0.15) is 11.6 Å². The van der Waals surface area contributed by atoms with Crippen molar-refractivity contribution in [2.75, 3.05) is 5.73 Å². The molecule has 8 heteroatoms. The molecule has 1 rings (SSSR count). The maximum atomic E-state index is 12.7. The van der Waals surface area contributed by atoms with Crippen LogP contribution in [-0.4, -0.2) is 16.7 Å². The molecule has 0 aliphatic carbocycles. The molecule has 0 aliphatic rings. The third-order valence-electron chi connectivity index (χ3n) is 1.35. The third kappa shape index (κ3) is 3.13. The molecule has 1 unspecified atom stereocenters. The maximum absolute atomic E-state index is 12.7. The third-order valence-corrected chi connectivity index (χ3v) is 2.24. The molecule has 0 radical (unpaired) electrons. The number of nitrogen functional groups attached to an aromatic ring is 1. The highest BCUT2D eigenvalue weighted by Gasteiger charge is 2.42. The molecule has 1 aromatic heterocycles. The van der Waals surface area contributed by atoms with Crippen molar-refractivity contribution < 1.29 is 17.9 Å². The van der Waals surface area contributed by atoms with E-state index >= 15 is 0 Å². The number of pyridine rings is 1. The molecule has 1 aromatic rings. The standard InChI is InChI=1S/C7H5BrClF3N2O/c8-4-1-3(2-14-5(4)13)15-7(11,12)6(9)10/h1-2,6H,(H2,13,14). The first kappa shape index (κ1) is 12.4. The van der Waals surface area contributed by atoms with Crippen molar-refractivity contribution in [3.63, 3.8) is 0 Å². The summed E-state index contributed by atoms with van der Waals surface area (Å²) in [5.74, 6) is -0.238. The van der Waals surface area contributed by atoms with E-state index < -0.39 is 11.7 Å². The van der Waals surface area contributed by atoms with Crippen LogP contribution in [0.3, 0.4) is 0 Å². The number of anilines is 1. The fraction of sp³-hybridized carbons (Fsp3) is 0.286. The Hall–Kier alpha value is -0.690. The van der Waals surface area contributed by atoms with Crippen molar-refractivity contribution in [1.82, 2.24) is 4.98 Å². The van der Waals surface area contributed by atoms with Gasteiger partial charge in [0, 0.05) is 0 Å². The first-order valence-electron chi connectivity index (χ1n) is 3.59. The van der Waals surface area contributed by atoms with E-state index in [0.717, 1.165) is 12.3 Å². The highest BCUT2D eigenvalue weighted by molar-refractivity contribution is 9.10. The smallest absolute Gasteiger partial charge is 0.428 e. The van der Waals surface area contributed by atoms with Gasteiger partial charge in [-0.05, 0) is 22.0 Å². The van der Waals surface area contributed by atoms with Crippen LogP contribution in [0.25, 0.3) is 0 Å². The van der Waals surface area contributed by atoms with Crippen molar-refractivity contribution in [3.8, 4) is 5.75 Å². The minimum Gasteiger partial charge on any atom is -0.428 e. The molecule has 0 aromatic carbocycles. The second kappa shape index (κ2) is 4.44. The number of alkyl halides is 4. The highest BCUT2D eigenvalue weighted by Crippen LogP contribution is 2.30. The normalized spacial score (nSPS) is 13.7. The zero-order chi connectivity index (χ0) is 11.6. The predicted molar refractivity (Wildman–Crippen MR) is 52.7 cm³/mol. The number of rotatable bonds is 3. The van der Waals surface area contributed by atoms with Gasteiger partial charge in [0.15, 0.2) is 0 Å². The van der Waals surface area contributed by atoms with E-state index in [4.69, 9.17) is 5.73 Å². The van der Waals surface area contributed by atoms with Crippen LogP contribution >= 0.6 is 27.5 Å². The van der Waals surface area contributed by atoms with E-state index in [9.17, 15) is 13.2 Å². The molecule has 0 saturated heterocycles. The Bertz CT molecular complexity index is 364. The Balaban J connectivity index is 2.86. The van der Waals surface area contributed by atoms with E-state index in [1.807, 2.05) is 0 Å². The van der Waals surface area contributed by atoms with Crippen molar-refractivity contribution in [2.45, 2.75) is 11.7 Å². The molecule has 2 N–H and O–H groups in total. The van der Waals surface area contributed by atoms with Crippen LogP contribution in [0.4, 0.5) is 19.0 Å². The molecule has 84 valence electrons. The van der Waals surface area contributed by atoms with E-state index in [1.54, 1.807) is 0 Å². The van der Waals surface area contributed by atoms with Crippen LogP contribution in [0.15, 0.2) is 16.7 Å². The monoisotopic (exact) mass is 304 g/mol. The minimum atomic E-state index is -4.11. The van der Waals surface area contributed by atoms with Crippen LogP contribution < -0.4 is 10.5 Å². The van der Waals surface area contributed by atoms with Gasteiger partial charge < -0.3 is 10.5 Å². The van der Waals surface area contributed by atoms with Gasteiger partial charge in [0.05, 0.1) is 10.7 Å². The SMILES string of the molecule is Nc1ncc(OC(F)(F)C(F)Cl)cc1Br. The van der Waals surface area contributed by atoms with Crippen LogP contribution in [0.1, 0.15) is 0 Å². The van der Waals surface area contributed by atoms with Gasteiger partial charge in [-0.2, -0.15) is 8.78 Å². The van der Waals surface area contributed by atoms with E-state index in [2.05, 4.69) is 37.3 Å². The van der Waals surface area contributed by atoms with Gasteiger partial charge in [-0.1, -0.05) is 11.6 Å². The number of nitrogens with zero attached hydrogens (tertiary/aromatic N) is 1. The lowest BCUT2D eigenvalue weighted by Crippen LogP contribution is -2.32. The van der Waals surface area contributed by atoms with Crippen LogP contribution in [0.2, 0.25) is 0 Å². The summed E-state index contributed by atoms with van der Waals surface area (Å²) in [6, 6.07) is 1.13. The highest BCUT2D eigenvalue weighted by atomic mass is 79.9. The zero-order valence-electron chi connectivity index (χ0n) is 7.05. The van der Waals surface area contributed by atoms with Crippen molar-refractivity contribution in [3.05, 3.63) is 16.7 Å². The van der Waals surface area contributed by atoms with Crippen molar-refractivity contribution in [2.24, 2.45) is 0 Å². The summed E-state index contributed by atoms with van der Waals surface area (Å²) in [6.45, 7) is 0. The Morgan fingerprint density at radius 1 is 1.60 bits per heavy atom. The van der Waals surface area contributed by atoms with Gasteiger partial charge in [-0.25, -0.2) is 9.37 Å². The lowest BCUT2D eigenvalue weighted by molar-refractivity contribution is -0.199. The number of hydrogen-bond acceptors (Lipinski definition) is 3. The molecule has 0 saturated carbocycles. The lowest BCUT2D eigenvalue weighted by atomic mass is 10.4. The topological polar surface area (TPSA) is 48.1 Å². The van der Waals surface area contributed by atoms with Gasteiger partial charge in [-0.15, -0.1) is 0 Å². The van der Waals surface area contributed by atoms with Gasteiger partial charge in [0.25, 0.3) is 5.63 Å². The van der Waals surface area contributed by atoms with Crippen molar-refractivity contribution >= 4 is 33.3 Å². The first-order chi connectivity index (χ1) is 6.83. The Morgan fingerprint density at radius 2 is 2.20 bits per heavy atom. The van der Waals surface area contributed by atoms with E-state index in [1.165, 1.54) is 0 Å². The Labute approximate surface area is 96.5 Å². The molecule has 3 nitrogen and oxygen atoms in total. The molecular weight excluding hydrogens is 300 g/mol. The van der Waals surface area contributed by atoms with Gasteiger partial charge in [-0.3, -0.25) is 0 Å². The number of aromatic nitrogens is 1. The second-order valence-corrected chi connectivity index (χ2v) is 3.74. The number of ether oxygens (including phenoxy) is 1. The lowest BCUT2D eigenvalue weighted by Gasteiger charge is -2.17. The quantitative estimate of drug-likeness (QED) is 0.874. The summed E-state index contributed by atoms with van der Waals surface area (Å²) in [6.07, 6.45) is -3.17. The summed E-state index contributed by atoms with van der Waals surface area (Å²) < 4.78 is 41.8. The zero-order valence-corrected chi connectivity index (χ0v) is 9.40. The fourth-order valence-corrected chi connectivity index (χ4v) is 1.06. The molecule has 1 heterocycles. The first-order valence-corrected chi connectivity index (χ1v) is 4.82. The summed E-state index contributed by atoms with van der Waals surface area (Å²) in [5.41, 5.74) is 2.37. The molecular formula is C7H5BrClF3N2O. The number of nitrogens with two attached hydrogens (primary N) is 1. The molecule has 1 atom stereocenters. The summed E-state index contributed by atoms with van der Waals surface area (Å²) >= 11 is 7.54. The molecule has 0 fully saturated rings. The summed E-state index contributed by atoms with van der Waals surface area (Å²) in [5, 5.41) is 0. The fourth-order valence-electron chi connectivity index (χ4n) is 0.688. The van der Waals surface area contributed by atoms with E-state index in [-0.39, 0.29) is 16.0 Å². The van der Waals surface area contributed by atoms with E-state index in [0.29, 0.717) is 0 Å². The van der Waals surface area contributed by atoms with Crippen molar-refractivity contribution in [1.29, 1.82) is 0 Å². The average Bonchev–Trinajstić information content (AvgIpc) is 2.10. The van der Waals surface area contributed by atoms with Crippen LogP contribution in [0.5, 0.6) is 5.75 Å². The minimum absolute atomic E-state index is 0.105. The largest absolute Gasteiger partial charge is 0.444 e.